The third kappa shape index (κ3) is 3.30. The Labute approximate surface area is 130 Å². The van der Waals surface area contributed by atoms with Gasteiger partial charge in [-0.15, -0.1) is 10.2 Å². The highest BCUT2D eigenvalue weighted by Crippen LogP contribution is 2.22. The minimum Gasteiger partial charge on any atom is -0.471 e. The van der Waals surface area contributed by atoms with Crippen molar-refractivity contribution >= 4 is 11.7 Å². The highest BCUT2D eigenvalue weighted by atomic mass is 16.5. The first-order valence-electron chi connectivity index (χ1n) is 7.67. The summed E-state index contributed by atoms with van der Waals surface area (Å²) in [4.78, 5) is 16.1. The summed E-state index contributed by atoms with van der Waals surface area (Å²) in [5.41, 5.74) is 0. The van der Waals surface area contributed by atoms with Crippen molar-refractivity contribution in [2.45, 2.75) is 18.9 Å². The van der Waals surface area contributed by atoms with Gasteiger partial charge in [0.25, 0.3) is 0 Å². The molecule has 2 aliphatic heterocycles. The fourth-order valence-corrected chi connectivity index (χ4v) is 2.80. The molecular formula is C15H22N4O3. The number of ether oxygens (including phenoxy) is 2. The van der Waals surface area contributed by atoms with Crippen LogP contribution in [0.25, 0.3) is 0 Å². The zero-order chi connectivity index (χ0) is 15.5. The van der Waals surface area contributed by atoms with Crippen LogP contribution in [0, 0.1) is 5.92 Å². The molecule has 0 unspecified atom stereocenters. The van der Waals surface area contributed by atoms with Crippen molar-refractivity contribution in [3.63, 3.8) is 0 Å². The van der Waals surface area contributed by atoms with Crippen LogP contribution < -0.4 is 9.64 Å². The molecule has 2 fully saturated rings. The van der Waals surface area contributed by atoms with Crippen LogP contribution in [0.4, 0.5) is 5.82 Å². The Morgan fingerprint density at radius 1 is 1.36 bits per heavy atom. The maximum atomic E-state index is 12.3. The monoisotopic (exact) mass is 306 g/mol. The Morgan fingerprint density at radius 2 is 2.23 bits per heavy atom. The zero-order valence-electron chi connectivity index (χ0n) is 13.1. The second-order valence-electron chi connectivity index (χ2n) is 6.00. The Hall–Kier alpha value is -1.89. The molecule has 7 nitrogen and oxygen atoms in total. The van der Waals surface area contributed by atoms with Gasteiger partial charge in [-0.2, -0.15) is 0 Å². The molecular weight excluding hydrogens is 284 g/mol. The Bertz CT molecular complexity index is 514. The Balaban J connectivity index is 1.53. The Morgan fingerprint density at radius 3 is 2.86 bits per heavy atom. The van der Waals surface area contributed by atoms with E-state index in [1.54, 1.807) is 0 Å². The molecule has 0 saturated carbocycles. The molecule has 1 aromatic rings. The maximum absolute atomic E-state index is 12.3. The largest absolute Gasteiger partial charge is 0.471 e. The lowest BCUT2D eigenvalue weighted by molar-refractivity contribution is -0.134. The standard InChI is InChI=1S/C15H22N4O3/c1-18(2)13-3-4-14(17-16-13)22-12-5-7-19(9-12)15(20)11-6-8-21-10-11/h3-4,11-12H,5-10H2,1-2H3/t11-,12-/m0/s1. The summed E-state index contributed by atoms with van der Waals surface area (Å²) < 4.78 is 11.1. The molecule has 7 heteroatoms. The summed E-state index contributed by atoms with van der Waals surface area (Å²) in [5, 5.41) is 8.16. The molecule has 0 N–H and O–H groups in total. The highest BCUT2D eigenvalue weighted by molar-refractivity contribution is 5.79. The minimum atomic E-state index is -0.00854. The van der Waals surface area contributed by atoms with Crippen LogP contribution in [-0.2, 0) is 9.53 Å². The predicted molar refractivity (Wildman–Crippen MR) is 80.9 cm³/mol. The lowest BCUT2D eigenvalue weighted by Gasteiger charge is -2.19. The van der Waals surface area contributed by atoms with Gasteiger partial charge in [-0.1, -0.05) is 0 Å². The molecule has 1 aromatic heterocycles. The number of hydrogen-bond acceptors (Lipinski definition) is 6. The zero-order valence-corrected chi connectivity index (χ0v) is 13.1. The number of amides is 1. The fourth-order valence-electron chi connectivity index (χ4n) is 2.80. The van der Waals surface area contributed by atoms with E-state index < -0.39 is 0 Å². The first kappa shape index (κ1) is 15.0. The number of rotatable bonds is 4. The van der Waals surface area contributed by atoms with Crippen LogP contribution >= 0.6 is 0 Å². The third-order valence-corrected chi connectivity index (χ3v) is 4.11. The summed E-state index contributed by atoms with van der Waals surface area (Å²) in [6.45, 7) is 2.60. The van der Waals surface area contributed by atoms with Gasteiger partial charge in [0, 0.05) is 39.7 Å². The number of nitrogens with zero attached hydrogens (tertiary/aromatic N) is 4. The fraction of sp³-hybridized carbons (Fsp3) is 0.667. The number of carbonyl (C=O) groups is 1. The summed E-state index contributed by atoms with van der Waals surface area (Å²) in [6, 6.07) is 3.69. The average molecular weight is 306 g/mol. The molecule has 2 aliphatic rings. The van der Waals surface area contributed by atoms with E-state index in [9.17, 15) is 4.79 Å². The second-order valence-corrected chi connectivity index (χ2v) is 6.00. The van der Waals surface area contributed by atoms with Crippen molar-refractivity contribution in [2.24, 2.45) is 5.92 Å². The molecule has 0 aliphatic carbocycles. The smallest absolute Gasteiger partial charge is 0.233 e. The molecule has 0 aromatic carbocycles. The minimum absolute atomic E-state index is 0.00854. The van der Waals surface area contributed by atoms with Gasteiger partial charge in [-0.25, -0.2) is 0 Å². The van der Waals surface area contributed by atoms with Crippen molar-refractivity contribution in [2.75, 3.05) is 45.3 Å². The van der Waals surface area contributed by atoms with E-state index in [1.165, 1.54) is 0 Å². The van der Waals surface area contributed by atoms with Crippen LogP contribution in [0.2, 0.25) is 0 Å². The van der Waals surface area contributed by atoms with Gasteiger partial charge in [-0.3, -0.25) is 4.79 Å². The van der Waals surface area contributed by atoms with Crippen LogP contribution in [0.15, 0.2) is 12.1 Å². The van der Waals surface area contributed by atoms with Crippen molar-refractivity contribution in [1.29, 1.82) is 0 Å². The maximum Gasteiger partial charge on any atom is 0.233 e. The van der Waals surface area contributed by atoms with Crippen molar-refractivity contribution in [3.8, 4) is 5.88 Å². The Kier molecular flexibility index (Phi) is 4.42. The number of carbonyl (C=O) groups excluding carboxylic acids is 1. The molecule has 22 heavy (non-hydrogen) atoms. The van der Waals surface area contributed by atoms with Crippen molar-refractivity contribution in [1.82, 2.24) is 15.1 Å². The van der Waals surface area contributed by atoms with E-state index in [0.29, 0.717) is 25.6 Å². The summed E-state index contributed by atoms with van der Waals surface area (Å²) in [5.74, 6) is 1.52. The van der Waals surface area contributed by atoms with Gasteiger partial charge in [0.15, 0.2) is 5.82 Å². The third-order valence-electron chi connectivity index (χ3n) is 4.11. The van der Waals surface area contributed by atoms with Gasteiger partial charge >= 0.3 is 0 Å². The van der Waals surface area contributed by atoms with Gasteiger partial charge in [-0.05, 0) is 12.5 Å². The normalized spacial score (nSPS) is 24.5. The van der Waals surface area contributed by atoms with E-state index in [-0.39, 0.29) is 17.9 Å². The average Bonchev–Trinajstić information content (AvgIpc) is 3.19. The number of anilines is 1. The SMILES string of the molecule is CN(C)c1ccc(O[C@H]2CCN(C(=O)[C@H]3CCOC3)C2)nn1. The molecule has 0 bridgehead atoms. The molecule has 2 atom stereocenters. The molecule has 3 rings (SSSR count). The van der Waals surface area contributed by atoms with Gasteiger partial charge in [0.2, 0.25) is 11.8 Å². The molecule has 0 spiro atoms. The molecule has 120 valence electrons. The number of likely N-dealkylation sites (tertiary alicyclic amines) is 1. The van der Waals surface area contributed by atoms with E-state index in [0.717, 1.165) is 25.2 Å². The highest BCUT2D eigenvalue weighted by Gasteiger charge is 2.33. The van der Waals surface area contributed by atoms with Crippen molar-refractivity contribution in [3.05, 3.63) is 12.1 Å². The quantitative estimate of drug-likeness (QED) is 0.809. The number of aromatic nitrogens is 2. The molecule has 3 heterocycles. The summed E-state index contributed by atoms with van der Waals surface area (Å²) in [7, 11) is 3.83. The van der Waals surface area contributed by atoms with E-state index >= 15 is 0 Å². The first-order valence-corrected chi connectivity index (χ1v) is 7.67. The van der Waals surface area contributed by atoms with Crippen LogP contribution in [0.1, 0.15) is 12.8 Å². The van der Waals surface area contributed by atoms with Crippen LogP contribution in [0.5, 0.6) is 5.88 Å². The molecule has 2 saturated heterocycles. The predicted octanol–water partition coefficient (Wildman–Crippen LogP) is 0.559. The first-order chi connectivity index (χ1) is 10.6. The van der Waals surface area contributed by atoms with Gasteiger partial charge < -0.3 is 19.3 Å². The van der Waals surface area contributed by atoms with E-state index in [2.05, 4.69) is 10.2 Å². The lowest BCUT2D eigenvalue weighted by atomic mass is 10.1. The number of hydrogen-bond donors (Lipinski definition) is 0. The van der Waals surface area contributed by atoms with Crippen LogP contribution in [0.3, 0.4) is 0 Å². The van der Waals surface area contributed by atoms with Gasteiger partial charge in [0.05, 0.1) is 19.1 Å². The van der Waals surface area contributed by atoms with E-state index in [4.69, 9.17) is 9.47 Å². The van der Waals surface area contributed by atoms with E-state index in [1.807, 2.05) is 36.0 Å². The second kappa shape index (κ2) is 6.48. The van der Waals surface area contributed by atoms with Gasteiger partial charge in [0.1, 0.15) is 6.10 Å². The summed E-state index contributed by atoms with van der Waals surface area (Å²) >= 11 is 0. The molecule has 0 radical (unpaired) electrons. The topological polar surface area (TPSA) is 67.8 Å². The lowest BCUT2D eigenvalue weighted by Crippen LogP contribution is -2.36. The van der Waals surface area contributed by atoms with Crippen LogP contribution in [-0.4, -0.2) is 67.5 Å². The van der Waals surface area contributed by atoms with Crippen molar-refractivity contribution < 1.29 is 14.3 Å². The molecule has 1 amide bonds. The summed E-state index contributed by atoms with van der Waals surface area (Å²) in [6.07, 6.45) is 1.65.